The van der Waals surface area contributed by atoms with Crippen molar-refractivity contribution in [1.29, 1.82) is 0 Å². The summed E-state index contributed by atoms with van der Waals surface area (Å²) in [5.41, 5.74) is 2.43. The molecule has 0 unspecified atom stereocenters. The van der Waals surface area contributed by atoms with E-state index in [2.05, 4.69) is 15.3 Å². The number of thiazole rings is 1. The molecular formula is C20H21N3O4S. The lowest BCUT2D eigenvalue weighted by molar-refractivity contribution is -0.116. The average molecular weight is 399 g/mol. The number of amides is 1. The Bertz CT molecular complexity index is 919. The number of carbonyl (C=O) groups excluding carboxylic acids is 1. The fraction of sp³-hybridized carbons (Fsp3) is 0.250. The van der Waals surface area contributed by atoms with Crippen LogP contribution in [0.15, 0.2) is 41.9 Å². The Hall–Kier alpha value is -3.13. The molecule has 0 saturated heterocycles. The normalized spacial score (nSPS) is 10.4. The number of ether oxygens (including phenoxy) is 3. The van der Waals surface area contributed by atoms with Gasteiger partial charge in [-0.3, -0.25) is 9.78 Å². The van der Waals surface area contributed by atoms with Crippen LogP contribution in [-0.4, -0.2) is 37.2 Å². The monoisotopic (exact) mass is 399 g/mol. The van der Waals surface area contributed by atoms with Gasteiger partial charge in [-0.15, -0.1) is 11.3 Å². The van der Waals surface area contributed by atoms with Gasteiger partial charge in [-0.1, -0.05) is 6.07 Å². The number of nitrogens with one attached hydrogen (secondary N) is 1. The second kappa shape index (κ2) is 9.18. The van der Waals surface area contributed by atoms with Crippen molar-refractivity contribution in [3.8, 4) is 28.6 Å². The second-order valence-electron chi connectivity index (χ2n) is 5.83. The highest BCUT2D eigenvalue weighted by molar-refractivity contribution is 7.14. The first-order valence-electron chi connectivity index (χ1n) is 8.60. The molecule has 2 aromatic heterocycles. The summed E-state index contributed by atoms with van der Waals surface area (Å²) in [6.45, 7) is 0. The minimum absolute atomic E-state index is 0.115. The average Bonchev–Trinajstić information content (AvgIpc) is 3.20. The Morgan fingerprint density at radius 2 is 1.82 bits per heavy atom. The number of anilines is 1. The van der Waals surface area contributed by atoms with Crippen molar-refractivity contribution in [3.05, 3.63) is 47.5 Å². The maximum atomic E-state index is 12.3. The highest BCUT2D eigenvalue weighted by Crippen LogP contribution is 2.38. The minimum atomic E-state index is -0.115. The third-order valence-corrected chi connectivity index (χ3v) is 4.80. The Morgan fingerprint density at radius 3 is 2.43 bits per heavy atom. The van der Waals surface area contributed by atoms with Crippen LogP contribution in [0.5, 0.6) is 17.2 Å². The van der Waals surface area contributed by atoms with Crippen LogP contribution in [0.4, 0.5) is 5.13 Å². The van der Waals surface area contributed by atoms with Crippen molar-refractivity contribution >= 4 is 22.4 Å². The topological polar surface area (TPSA) is 82.6 Å². The quantitative estimate of drug-likeness (QED) is 0.620. The van der Waals surface area contributed by atoms with Crippen LogP contribution in [0.25, 0.3) is 11.4 Å². The molecule has 0 aliphatic rings. The summed E-state index contributed by atoms with van der Waals surface area (Å²) in [5.74, 6) is 1.55. The van der Waals surface area contributed by atoms with E-state index in [1.54, 1.807) is 27.5 Å². The number of aryl methyl sites for hydroxylation is 1. The Morgan fingerprint density at radius 1 is 1.07 bits per heavy atom. The van der Waals surface area contributed by atoms with E-state index >= 15 is 0 Å². The first-order valence-corrected chi connectivity index (χ1v) is 9.48. The number of carbonyl (C=O) groups is 1. The van der Waals surface area contributed by atoms with Gasteiger partial charge in [0.05, 0.1) is 27.0 Å². The zero-order chi connectivity index (χ0) is 19.9. The molecule has 146 valence electrons. The zero-order valence-corrected chi connectivity index (χ0v) is 16.7. The van der Waals surface area contributed by atoms with Crippen LogP contribution in [0.2, 0.25) is 0 Å². The van der Waals surface area contributed by atoms with Crippen LogP contribution in [0.1, 0.15) is 12.0 Å². The molecule has 1 aromatic carbocycles. The summed E-state index contributed by atoms with van der Waals surface area (Å²) in [4.78, 5) is 21.0. The third kappa shape index (κ3) is 4.58. The first kappa shape index (κ1) is 19.6. The number of benzene rings is 1. The van der Waals surface area contributed by atoms with E-state index in [0.29, 0.717) is 35.2 Å². The lowest BCUT2D eigenvalue weighted by atomic mass is 10.1. The molecule has 3 aromatic rings. The fourth-order valence-corrected chi connectivity index (χ4v) is 3.40. The van der Waals surface area contributed by atoms with Crippen molar-refractivity contribution in [2.24, 2.45) is 0 Å². The molecule has 8 heteroatoms. The van der Waals surface area contributed by atoms with Crippen molar-refractivity contribution in [3.63, 3.8) is 0 Å². The van der Waals surface area contributed by atoms with Gasteiger partial charge in [-0.2, -0.15) is 0 Å². The van der Waals surface area contributed by atoms with Gasteiger partial charge in [0.25, 0.3) is 0 Å². The summed E-state index contributed by atoms with van der Waals surface area (Å²) >= 11 is 1.37. The standard InChI is InChI=1S/C20H21N3O4S/c1-25-16-10-13(11-17(26-2)19(16)27-3)7-8-18(24)23-20-22-15(12-28-20)14-6-4-5-9-21-14/h4-6,9-12H,7-8H2,1-3H3,(H,22,23,24). The molecule has 0 aliphatic heterocycles. The SMILES string of the molecule is COc1cc(CCC(=O)Nc2nc(-c3ccccn3)cs2)cc(OC)c1OC. The number of pyridine rings is 1. The molecule has 0 radical (unpaired) electrons. The molecule has 2 heterocycles. The van der Waals surface area contributed by atoms with Crippen LogP contribution in [0.3, 0.4) is 0 Å². The summed E-state index contributed by atoms with van der Waals surface area (Å²) in [7, 11) is 4.69. The van der Waals surface area contributed by atoms with Gasteiger partial charge in [0.1, 0.15) is 5.69 Å². The largest absolute Gasteiger partial charge is 0.493 e. The smallest absolute Gasteiger partial charge is 0.226 e. The molecule has 1 amide bonds. The van der Waals surface area contributed by atoms with Crippen LogP contribution >= 0.6 is 11.3 Å². The molecular weight excluding hydrogens is 378 g/mol. The number of nitrogens with zero attached hydrogens (tertiary/aromatic N) is 2. The van der Waals surface area contributed by atoms with E-state index < -0.39 is 0 Å². The number of hydrogen-bond acceptors (Lipinski definition) is 7. The van der Waals surface area contributed by atoms with E-state index in [1.165, 1.54) is 11.3 Å². The van der Waals surface area contributed by atoms with Gasteiger partial charge < -0.3 is 19.5 Å². The first-order chi connectivity index (χ1) is 13.6. The van der Waals surface area contributed by atoms with Crippen LogP contribution in [0, 0.1) is 0 Å². The van der Waals surface area contributed by atoms with Gasteiger partial charge in [-0.05, 0) is 36.2 Å². The Balaban J connectivity index is 1.63. The summed E-state index contributed by atoms with van der Waals surface area (Å²) < 4.78 is 16.0. The summed E-state index contributed by atoms with van der Waals surface area (Å²) in [6, 6.07) is 9.32. The molecule has 3 rings (SSSR count). The molecule has 0 saturated carbocycles. The van der Waals surface area contributed by atoms with Crippen LogP contribution < -0.4 is 19.5 Å². The predicted molar refractivity (Wildman–Crippen MR) is 108 cm³/mol. The molecule has 0 aliphatic carbocycles. The molecule has 1 N–H and O–H groups in total. The molecule has 0 spiro atoms. The van der Waals surface area contributed by atoms with Crippen LogP contribution in [-0.2, 0) is 11.2 Å². The van der Waals surface area contributed by atoms with Gasteiger partial charge >= 0.3 is 0 Å². The number of rotatable bonds is 8. The summed E-state index contributed by atoms with van der Waals surface area (Å²) in [5, 5.41) is 5.26. The molecule has 7 nitrogen and oxygen atoms in total. The highest BCUT2D eigenvalue weighted by Gasteiger charge is 2.14. The van der Waals surface area contributed by atoms with E-state index in [0.717, 1.165) is 17.0 Å². The number of hydrogen-bond donors (Lipinski definition) is 1. The molecule has 28 heavy (non-hydrogen) atoms. The van der Waals surface area contributed by atoms with Gasteiger partial charge in [-0.25, -0.2) is 4.98 Å². The van der Waals surface area contributed by atoms with E-state index in [9.17, 15) is 4.79 Å². The number of methoxy groups -OCH3 is 3. The third-order valence-electron chi connectivity index (χ3n) is 4.04. The zero-order valence-electron chi connectivity index (χ0n) is 15.9. The molecule has 0 bridgehead atoms. The maximum Gasteiger partial charge on any atom is 0.226 e. The van der Waals surface area contributed by atoms with Crippen molar-refractivity contribution in [2.75, 3.05) is 26.6 Å². The minimum Gasteiger partial charge on any atom is -0.493 e. The lowest BCUT2D eigenvalue weighted by Gasteiger charge is -2.14. The maximum absolute atomic E-state index is 12.3. The van der Waals surface area contributed by atoms with Gasteiger partial charge in [0.2, 0.25) is 11.7 Å². The van der Waals surface area contributed by atoms with E-state index in [4.69, 9.17) is 14.2 Å². The van der Waals surface area contributed by atoms with E-state index in [-0.39, 0.29) is 5.91 Å². The molecule has 0 fully saturated rings. The Kier molecular flexibility index (Phi) is 6.44. The van der Waals surface area contributed by atoms with Crippen molar-refractivity contribution in [2.45, 2.75) is 12.8 Å². The van der Waals surface area contributed by atoms with Gasteiger partial charge in [0, 0.05) is 18.0 Å². The highest BCUT2D eigenvalue weighted by atomic mass is 32.1. The second-order valence-corrected chi connectivity index (χ2v) is 6.69. The van der Waals surface area contributed by atoms with Gasteiger partial charge in [0.15, 0.2) is 16.6 Å². The molecule has 0 atom stereocenters. The van der Waals surface area contributed by atoms with Crippen molar-refractivity contribution in [1.82, 2.24) is 9.97 Å². The van der Waals surface area contributed by atoms with E-state index in [1.807, 2.05) is 35.7 Å². The lowest BCUT2D eigenvalue weighted by Crippen LogP contribution is -2.12. The number of aromatic nitrogens is 2. The predicted octanol–water partition coefficient (Wildman–Crippen LogP) is 3.80. The van der Waals surface area contributed by atoms with Crippen molar-refractivity contribution < 1.29 is 19.0 Å². The fourth-order valence-electron chi connectivity index (χ4n) is 2.68. The Labute approximate surface area is 167 Å². The summed E-state index contributed by atoms with van der Waals surface area (Å²) in [6.07, 6.45) is 2.54.